The Morgan fingerprint density at radius 1 is 0.659 bits per heavy atom. The summed E-state index contributed by atoms with van der Waals surface area (Å²) in [6.45, 7) is 24.6. The Morgan fingerprint density at radius 2 is 1.12 bits per heavy atom. The van der Waals surface area contributed by atoms with Gasteiger partial charge in [-0.15, -0.1) is 0 Å². The van der Waals surface area contributed by atoms with E-state index in [1.54, 1.807) is 0 Å². The zero-order valence-electron chi connectivity index (χ0n) is 29.8. The van der Waals surface area contributed by atoms with Crippen LogP contribution in [0.1, 0.15) is 178 Å². The molecule has 242 valence electrons. The van der Waals surface area contributed by atoms with Crippen LogP contribution in [0.15, 0.2) is 12.2 Å². The van der Waals surface area contributed by atoms with Gasteiger partial charge in [0.05, 0.1) is 6.10 Å². The van der Waals surface area contributed by atoms with E-state index < -0.39 is 0 Å². The first kappa shape index (κ1) is 36.9. The van der Waals surface area contributed by atoms with Crippen molar-refractivity contribution in [2.75, 3.05) is 0 Å². The van der Waals surface area contributed by atoms with Crippen molar-refractivity contribution in [3.63, 3.8) is 0 Å². The Hall–Kier alpha value is -0.300. The van der Waals surface area contributed by atoms with Gasteiger partial charge in [0.1, 0.15) is 0 Å². The number of allylic oxidation sites excluding steroid dienone is 2. The maximum Gasteiger partial charge on any atom is 0.0548 e. The zero-order valence-corrected chi connectivity index (χ0v) is 29.8. The Kier molecular flexibility index (Phi) is 16.1. The number of rotatable bonds is 18. The summed E-state index contributed by atoms with van der Waals surface area (Å²) >= 11 is 0. The second-order valence-corrected chi connectivity index (χ2v) is 17.5. The van der Waals surface area contributed by atoms with Crippen LogP contribution in [0.5, 0.6) is 0 Å². The van der Waals surface area contributed by atoms with E-state index in [-0.39, 0.29) is 11.5 Å². The first-order valence-corrected chi connectivity index (χ1v) is 18.5. The molecule has 0 radical (unpaired) electrons. The molecule has 2 aliphatic carbocycles. The van der Waals surface area contributed by atoms with E-state index in [0.717, 1.165) is 54.3 Å². The van der Waals surface area contributed by atoms with Crippen LogP contribution < -0.4 is 0 Å². The molecule has 0 bridgehead atoms. The van der Waals surface area contributed by atoms with Crippen LogP contribution in [0.2, 0.25) is 0 Å². The van der Waals surface area contributed by atoms with E-state index >= 15 is 0 Å². The van der Waals surface area contributed by atoms with Gasteiger partial charge in [0, 0.05) is 0 Å². The van der Waals surface area contributed by atoms with Crippen molar-refractivity contribution in [3.8, 4) is 0 Å². The summed E-state index contributed by atoms with van der Waals surface area (Å²) in [6.07, 6.45) is 27.7. The lowest BCUT2D eigenvalue weighted by Gasteiger charge is -2.45. The highest BCUT2D eigenvalue weighted by molar-refractivity contribution is 4.91. The predicted octanol–water partition coefficient (Wildman–Crippen LogP) is 12.7. The van der Waals surface area contributed by atoms with Crippen LogP contribution in [0.4, 0.5) is 0 Å². The molecular formula is C40H76O. The molecule has 0 amide bonds. The Labute approximate surface area is 259 Å². The van der Waals surface area contributed by atoms with E-state index in [1.807, 2.05) is 0 Å². The minimum Gasteiger partial charge on any atom is -0.393 e. The maximum atomic E-state index is 10.2. The molecule has 0 aromatic heterocycles. The van der Waals surface area contributed by atoms with Gasteiger partial charge in [0.15, 0.2) is 0 Å². The van der Waals surface area contributed by atoms with Gasteiger partial charge in [-0.1, -0.05) is 146 Å². The van der Waals surface area contributed by atoms with Gasteiger partial charge in [-0.2, -0.15) is 0 Å². The molecule has 2 rings (SSSR count). The molecule has 2 saturated carbocycles. The third-order valence-electron chi connectivity index (χ3n) is 12.2. The summed E-state index contributed by atoms with van der Waals surface area (Å²) in [5.41, 5.74) is 0.851. The molecule has 41 heavy (non-hydrogen) atoms. The lowest BCUT2D eigenvalue weighted by Crippen LogP contribution is -2.40. The van der Waals surface area contributed by atoms with Crippen molar-refractivity contribution in [1.82, 2.24) is 0 Å². The van der Waals surface area contributed by atoms with Crippen molar-refractivity contribution < 1.29 is 5.11 Å². The number of aliphatic hydroxyl groups excluding tert-OH is 1. The summed E-state index contributed by atoms with van der Waals surface area (Å²) < 4.78 is 0. The quantitative estimate of drug-likeness (QED) is 0.162. The summed E-state index contributed by atoms with van der Waals surface area (Å²) in [5.74, 6) is 6.65. The fourth-order valence-electron chi connectivity index (χ4n) is 9.33. The van der Waals surface area contributed by atoms with Crippen LogP contribution in [-0.2, 0) is 0 Å². The number of aliphatic hydroxyl groups is 1. The lowest BCUT2D eigenvalue weighted by atomic mass is 9.61. The van der Waals surface area contributed by atoms with Crippen LogP contribution in [0, 0.1) is 58.2 Å². The van der Waals surface area contributed by atoms with Crippen molar-refractivity contribution in [2.24, 2.45) is 58.2 Å². The normalized spacial score (nSPS) is 31.1. The Bertz CT molecular complexity index is 718. The SMILES string of the molecule is C[C@H](CCC[C@@H](C)C/C=C/C[C@H](C)CCC[C@H](C)CC[C@H]1[C@H](C)CCCC1(C)C)CC[C@H]1[C@H](C)C[C@@H](O)CC1(C)C. The minimum absolute atomic E-state index is 0.0843. The van der Waals surface area contributed by atoms with Crippen LogP contribution >= 0.6 is 0 Å². The lowest BCUT2D eigenvalue weighted by molar-refractivity contribution is -0.0174. The van der Waals surface area contributed by atoms with Crippen molar-refractivity contribution in [1.29, 1.82) is 0 Å². The highest BCUT2D eigenvalue weighted by Crippen LogP contribution is 2.47. The smallest absolute Gasteiger partial charge is 0.0548 e. The third-order valence-corrected chi connectivity index (χ3v) is 12.2. The van der Waals surface area contributed by atoms with Crippen LogP contribution in [-0.4, -0.2) is 11.2 Å². The van der Waals surface area contributed by atoms with Gasteiger partial charge in [0.2, 0.25) is 0 Å². The Balaban J connectivity index is 1.51. The summed E-state index contributed by atoms with van der Waals surface area (Å²) in [7, 11) is 0. The largest absolute Gasteiger partial charge is 0.393 e. The fourth-order valence-corrected chi connectivity index (χ4v) is 9.33. The second-order valence-electron chi connectivity index (χ2n) is 17.5. The van der Waals surface area contributed by atoms with Gasteiger partial charge < -0.3 is 5.11 Å². The van der Waals surface area contributed by atoms with E-state index in [4.69, 9.17) is 0 Å². The van der Waals surface area contributed by atoms with Crippen molar-refractivity contribution >= 4 is 0 Å². The topological polar surface area (TPSA) is 20.2 Å². The summed E-state index contributed by atoms with van der Waals surface area (Å²) in [4.78, 5) is 0. The molecule has 9 atom stereocenters. The molecule has 0 aromatic rings. The van der Waals surface area contributed by atoms with E-state index in [0.29, 0.717) is 11.3 Å². The van der Waals surface area contributed by atoms with Gasteiger partial charge in [0.25, 0.3) is 0 Å². The monoisotopic (exact) mass is 573 g/mol. The standard InChI is InChI=1S/C40H76O/c1-30(18-13-20-32(3)23-25-37-34(5)22-15-27-39(37,7)8)16-11-12-17-31(2)19-14-21-33(4)24-26-38-35(6)28-36(41)29-40(38,9)10/h11-12,30-38,41H,13-29H2,1-10H3/b12-11+/t30-,31-,32-,33+,34+,35+,36+,37-,38-/m0/s1. The molecule has 2 fully saturated rings. The molecule has 0 heterocycles. The average Bonchev–Trinajstić information content (AvgIpc) is 2.84. The highest BCUT2D eigenvalue weighted by Gasteiger charge is 2.40. The van der Waals surface area contributed by atoms with Crippen LogP contribution in [0.3, 0.4) is 0 Å². The minimum atomic E-state index is -0.0843. The molecule has 2 aliphatic rings. The molecule has 0 aromatic carbocycles. The van der Waals surface area contributed by atoms with Gasteiger partial charge >= 0.3 is 0 Å². The zero-order chi connectivity index (χ0) is 30.6. The van der Waals surface area contributed by atoms with Gasteiger partial charge in [-0.3, -0.25) is 0 Å². The van der Waals surface area contributed by atoms with E-state index in [9.17, 15) is 5.11 Å². The van der Waals surface area contributed by atoms with Crippen LogP contribution in [0.25, 0.3) is 0 Å². The van der Waals surface area contributed by atoms with E-state index in [2.05, 4.69) is 81.4 Å². The van der Waals surface area contributed by atoms with Crippen molar-refractivity contribution in [3.05, 3.63) is 12.2 Å². The molecular weight excluding hydrogens is 496 g/mol. The number of hydrogen-bond acceptors (Lipinski definition) is 1. The fraction of sp³-hybridized carbons (Fsp3) is 0.950. The molecule has 0 aliphatic heterocycles. The predicted molar refractivity (Wildman–Crippen MR) is 183 cm³/mol. The summed E-state index contributed by atoms with van der Waals surface area (Å²) in [6, 6.07) is 0. The maximum absolute atomic E-state index is 10.2. The first-order chi connectivity index (χ1) is 19.2. The number of hydrogen-bond donors (Lipinski definition) is 1. The van der Waals surface area contributed by atoms with Gasteiger partial charge in [-0.25, -0.2) is 0 Å². The molecule has 1 heteroatoms. The van der Waals surface area contributed by atoms with Gasteiger partial charge in [-0.05, 0) is 103 Å². The van der Waals surface area contributed by atoms with E-state index in [1.165, 1.54) is 96.3 Å². The summed E-state index contributed by atoms with van der Waals surface area (Å²) in [5, 5.41) is 10.2. The first-order valence-electron chi connectivity index (χ1n) is 18.5. The molecule has 1 N–H and O–H groups in total. The molecule has 0 unspecified atom stereocenters. The third kappa shape index (κ3) is 13.5. The highest BCUT2D eigenvalue weighted by atomic mass is 16.3. The Morgan fingerprint density at radius 3 is 1.59 bits per heavy atom. The molecule has 1 nitrogen and oxygen atoms in total. The van der Waals surface area contributed by atoms with Crippen molar-refractivity contribution in [2.45, 2.75) is 184 Å². The second kappa shape index (κ2) is 17.9. The average molecular weight is 573 g/mol. The molecule has 0 saturated heterocycles. The molecule has 0 spiro atoms.